The summed E-state index contributed by atoms with van der Waals surface area (Å²) in [5.41, 5.74) is 11.7. The summed E-state index contributed by atoms with van der Waals surface area (Å²) in [6.07, 6.45) is 8.87. The SMILES string of the molecule is CC.NC(=O)[C@H](N)CC1=CCCC=C1. The summed E-state index contributed by atoms with van der Waals surface area (Å²) in [6, 6.07) is -0.543. The molecule has 0 saturated carbocycles. The second kappa shape index (κ2) is 7.33. The lowest BCUT2D eigenvalue weighted by atomic mass is 10.0. The Bertz CT molecular complexity index is 231. The lowest BCUT2D eigenvalue weighted by Gasteiger charge is -2.10. The number of nitrogens with two attached hydrogens (primary N) is 2. The zero-order chi connectivity index (χ0) is 11.0. The van der Waals surface area contributed by atoms with Crippen LogP contribution >= 0.6 is 0 Å². The summed E-state index contributed by atoms with van der Waals surface area (Å²) in [4.78, 5) is 10.6. The van der Waals surface area contributed by atoms with Crippen molar-refractivity contribution in [3.8, 4) is 0 Å². The molecule has 0 saturated heterocycles. The number of primary amides is 1. The fraction of sp³-hybridized carbons (Fsp3) is 0.545. The molecule has 3 nitrogen and oxygen atoms in total. The molecule has 3 heteroatoms. The highest BCUT2D eigenvalue weighted by Gasteiger charge is 2.10. The standard InChI is InChI=1S/C9H14N2O.C2H6/c10-8(9(11)12)6-7-4-2-1-3-5-7;1-2/h2,4-5,8H,1,3,6,10H2,(H2,11,12);1-2H3/t8-;/m1./s1. The van der Waals surface area contributed by atoms with Crippen LogP contribution in [0.25, 0.3) is 0 Å². The van der Waals surface area contributed by atoms with Crippen molar-refractivity contribution in [1.82, 2.24) is 0 Å². The minimum atomic E-state index is -0.543. The summed E-state index contributed by atoms with van der Waals surface area (Å²) >= 11 is 0. The van der Waals surface area contributed by atoms with Gasteiger partial charge in [-0.1, -0.05) is 37.6 Å². The number of amides is 1. The van der Waals surface area contributed by atoms with Crippen LogP contribution in [0.4, 0.5) is 0 Å². The van der Waals surface area contributed by atoms with Crippen LogP contribution in [0.15, 0.2) is 23.8 Å². The van der Waals surface area contributed by atoms with E-state index in [0.29, 0.717) is 6.42 Å². The van der Waals surface area contributed by atoms with Crippen molar-refractivity contribution >= 4 is 5.91 Å². The van der Waals surface area contributed by atoms with Crippen molar-refractivity contribution in [3.05, 3.63) is 23.8 Å². The van der Waals surface area contributed by atoms with E-state index < -0.39 is 11.9 Å². The minimum absolute atomic E-state index is 0.435. The molecule has 0 unspecified atom stereocenters. The number of carbonyl (C=O) groups is 1. The molecule has 0 spiro atoms. The molecule has 80 valence electrons. The average Bonchev–Trinajstić information content (AvgIpc) is 2.22. The van der Waals surface area contributed by atoms with E-state index in [0.717, 1.165) is 18.4 Å². The number of hydrogen-bond acceptors (Lipinski definition) is 2. The Balaban J connectivity index is 0.000000791. The number of rotatable bonds is 3. The van der Waals surface area contributed by atoms with Gasteiger partial charge in [0.2, 0.25) is 5.91 Å². The number of hydrogen-bond donors (Lipinski definition) is 2. The first-order valence-corrected chi connectivity index (χ1v) is 5.10. The molecular weight excluding hydrogens is 176 g/mol. The van der Waals surface area contributed by atoms with Gasteiger partial charge in [-0.15, -0.1) is 0 Å². The first-order valence-electron chi connectivity index (χ1n) is 5.10. The number of allylic oxidation sites excluding steroid dienone is 3. The summed E-state index contributed by atoms with van der Waals surface area (Å²) in [5.74, 6) is -0.435. The van der Waals surface area contributed by atoms with Crippen molar-refractivity contribution in [2.45, 2.75) is 39.2 Å². The largest absolute Gasteiger partial charge is 0.368 e. The van der Waals surface area contributed by atoms with Crippen LogP contribution in [0.3, 0.4) is 0 Å². The highest BCUT2D eigenvalue weighted by atomic mass is 16.1. The zero-order valence-electron chi connectivity index (χ0n) is 8.99. The monoisotopic (exact) mass is 196 g/mol. The van der Waals surface area contributed by atoms with E-state index in [1.807, 2.05) is 19.9 Å². The van der Waals surface area contributed by atoms with Crippen LogP contribution in [-0.2, 0) is 4.79 Å². The van der Waals surface area contributed by atoms with Crippen LogP contribution in [0, 0.1) is 0 Å². The molecule has 0 fully saturated rings. The summed E-state index contributed by atoms with van der Waals surface area (Å²) in [6.45, 7) is 4.00. The van der Waals surface area contributed by atoms with Gasteiger partial charge in [0.1, 0.15) is 0 Å². The molecule has 14 heavy (non-hydrogen) atoms. The average molecular weight is 196 g/mol. The lowest BCUT2D eigenvalue weighted by Crippen LogP contribution is -2.36. The van der Waals surface area contributed by atoms with Gasteiger partial charge in [-0.3, -0.25) is 4.79 Å². The molecule has 0 radical (unpaired) electrons. The van der Waals surface area contributed by atoms with E-state index in [4.69, 9.17) is 11.5 Å². The van der Waals surface area contributed by atoms with Crippen LogP contribution in [0.5, 0.6) is 0 Å². The van der Waals surface area contributed by atoms with Gasteiger partial charge in [0.15, 0.2) is 0 Å². The van der Waals surface area contributed by atoms with Gasteiger partial charge in [0.25, 0.3) is 0 Å². The molecule has 1 aliphatic carbocycles. The van der Waals surface area contributed by atoms with Crippen molar-refractivity contribution in [2.75, 3.05) is 0 Å². The van der Waals surface area contributed by atoms with Gasteiger partial charge in [-0.2, -0.15) is 0 Å². The lowest BCUT2D eigenvalue weighted by molar-refractivity contribution is -0.119. The molecule has 1 aliphatic rings. The molecule has 1 atom stereocenters. The Kier molecular flexibility index (Phi) is 6.76. The van der Waals surface area contributed by atoms with Gasteiger partial charge >= 0.3 is 0 Å². The van der Waals surface area contributed by atoms with Crippen LogP contribution < -0.4 is 11.5 Å². The second-order valence-corrected chi connectivity index (χ2v) is 2.97. The third-order valence-corrected chi connectivity index (χ3v) is 1.89. The Morgan fingerprint density at radius 3 is 2.57 bits per heavy atom. The molecule has 0 aromatic carbocycles. The van der Waals surface area contributed by atoms with Crippen molar-refractivity contribution in [3.63, 3.8) is 0 Å². The Morgan fingerprint density at radius 1 is 1.50 bits per heavy atom. The van der Waals surface area contributed by atoms with E-state index in [1.165, 1.54) is 0 Å². The molecule has 0 aromatic heterocycles. The quantitative estimate of drug-likeness (QED) is 0.718. The highest BCUT2D eigenvalue weighted by Crippen LogP contribution is 2.13. The van der Waals surface area contributed by atoms with E-state index in [-0.39, 0.29) is 0 Å². The smallest absolute Gasteiger partial charge is 0.234 e. The van der Waals surface area contributed by atoms with Crippen molar-refractivity contribution in [2.24, 2.45) is 11.5 Å². The molecule has 1 rings (SSSR count). The highest BCUT2D eigenvalue weighted by molar-refractivity contribution is 5.80. The summed E-state index contributed by atoms with van der Waals surface area (Å²) < 4.78 is 0. The second-order valence-electron chi connectivity index (χ2n) is 2.97. The van der Waals surface area contributed by atoms with E-state index >= 15 is 0 Å². The van der Waals surface area contributed by atoms with Crippen LogP contribution in [0.1, 0.15) is 33.1 Å². The zero-order valence-corrected chi connectivity index (χ0v) is 8.99. The predicted molar refractivity (Wildman–Crippen MR) is 59.6 cm³/mol. The Labute approximate surface area is 85.9 Å². The first kappa shape index (κ1) is 12.9. The van der Waals surface area contributed by atoms with Gasteiger partial charge in [-0.05, 0) is 19.3 Å². The van der Waals surface area contributed by atoms with E-state index in [1.54, 1.807) is 0 Å². The molecule has 1 amide bonds. The third-order valence-electron chi connectivity index (χ3n) is 1.89. The van der Waals surface area contributed by atoms with Gasteiger partial charge in [0, 0.05) is 0 Å². The van der Waals surface area contributed by atoms with E-state index in [2.05, 4.69) is 12.2 Å². The Morgan fingerprint density at radius 2 is 2.14 bits per heavy atom. The maximum atomic E-state index is 10.6. The van der Waals surface area contributed by atoms with E-state index in [9.17, 15) is 4.79 Å². The molecular formula is C11H20N2O. The first-order chi connectivity index (χ1) is 6.70. The fourth-order valence-electron chi connectivity index (χ4n) is 1.17. The predicted octanol–water partition coefficient (Wildman–Crippen LogP) is 1.49. The number of carbonyl (C=O) groups excluding carboxylic acids is 1. The van der Waals surface area contributed by atoms with Crippen LogP contribution in [0.2, 0.25) is 0 Å². The third kappa shape index (κ3) is 4.82. The molecule has 0 heterocycles. The van der Waals surface area contributed by atoms with Gasteiger partial charge < -0.3 is 11.5 Å². The van der Waals surface area contributed by atoms with Crippen LogP contribution in [-0.4, -0.2) is 11.9 Å². The normalized spacial score (nSPS) is 16.4. The van der Waals surface area contributed by atoms with Gasteiger partial charge in [0.05, 0.1) is 6.04 Å². The Hall–Kier alpha value is -1.09. The van der Waals surface area contributed by atoms with Crippen molar-refractivity contribution in [1.29, 1.82) is 0 Å². The maximum Gasteiger partial charge on any atom is 0.234 e. The maximum absolute atomic E-state index is 10.6. The minimum Gasteiger partial charge on any atom is -0.368 e. The molecule has 0 aliphatic heterocycles. The molecule has 0 aromatic rings. The topological polar surface area (TPSA) is 69.1 Å². The van der Waals surface area contributed by atoms with Crippen molar-refractivity contribution < 1.29 is 4.79 Å². The molecule has 4 N–H and O–H groups in total. The summed E-state index contributed by atoms with van der Waals surface area (Å²) in [5, 5.41) is 0. The summed E-state index contributed by atoms with van der Waals surface area (Å²) in [7, 11) is 0. The molecule has 0 bridgehead atoms. The fourth-order valence-corrected chi connectivity index (χ4v) is 1.17. The van der Waals surface area contributed by atoms with Gasteiger partial charge in [-0.25, -0.2) is 0 Å².